The minimum absolute atomic E-state index is 0.0877. The van der Waals surface area contributed by atoms with Gasteiger partial charge < -0.3 is 20.6 Å². The van der Waals surface area contributed by atoms with Gasteiger partial charge in [-0.15, -0.1) is 0 Å². The molecule has 0 spiro atoms. The number of pyridine rings is 1. The monoisotopic (exact) mass is 559 g/mol. The van der Waals surface area contributed by atoms with Crippen molar-refractivity contribution >= 4 is 23.2 Å². The van der Waals surface area contributed by atoms with Gasteiger partial charge in [0.25, 0.3) is 0 Å². The van der Waals surface area contributed by atoms with Crippen molar-refractivity contribution in [1.82, 2.24) is 15.2 Å². The second-order valence-corrected chi connectivity index (χ2v) is 8.49. The molecule has 2 aliphatic heterocycles. The molecule has 1 aromatic rings. The van der Waals surface area contributed by atoms with E-state index in [-0.39, 0.29) is 30.6 Å². The van der Waals surface area contributed by atoms with Crippen LogP contribution in [0.15, 0.2) is 40.5 Å². The van der Waals surface area contributed by atoms with Crippen molar-refractivity contribution in [2.45, 2.75) is 56.1 Å². The van der Waals surface area contributed by atoms with Gasteiger partial charge >= 0.3 is 18.5 Å². The molecule has 1 unspecified atom stereocenters. The van der Waals surface area contributed by atoms with Crippen molar-refractivity contribution in [3.05, 3.63) is 36.2 Å². The summed E-state index contributed by atoms with van der Waals surface area (Å²) in [6, 6.07) is 1.87. The Balaban J connectivity index is 1.82. The highest BCUT2D eigenvalue weighted by Crippen LogP contribution is 2.38. The van der Waals surface area contributed by atoms with Crippen LogP contribution >= 0.6 is 0 Å². The molecular formula is C21H22F9N7O. The molecule has 0 bridgehead atoms. The molecule has 1 aromatic heterocycles. The van der Waals surface area contributed by atoms with Gasteiger partial charge in [0, 0.05) is 44.2 Å². The molecule has 17 heteroatoms. The Morgan fingerprint density at radius 1 is 1.13 bits per heavy atom. The highest BCUT2D eigenvalue weighted by atomic mass is 19.4. The molecule has 1 saturated heterocycles. The number of hydrogen-bond acceptors (Lipinski definition) is 8. The third kappa shape index (κ3) is 7.58. The Morgan fingerprint density at radius 3 is 2.37 bits per heavy atom. The van der Waals surface area contributed by atoms with Gasteiger partial charge in [-0.1, -0.05) is 6.08 Å². The number of likely N-dealkylation sites (tertiary alicyclic amines) is 1. The zero-order chi connectivity index (χ0) is 28.4. The predicted octanol–water partition coefficient (Wildman–Crippen LogP) is 4.46. The van der Waals surface area contributed by atoms with Gasteiger partial charge in [0.15, 0.2) is 11.4 Å². The normalized spacial score (nSPS) is 20.6. The topological polar surface area (TPSA) is 109 Å². The number of nitrogens with one attached hydrogen (secondary N) is 3. The van der Waals surface area contributed by atoms with Crippen LogP contribution in [0.3, 0.4) is 0 Å². The number of alkyl halides is 9. The van der Waals surface area contributed by atoms with E-state index in [2.05, 4.69) is 25.6 Å². The average molecular weight is 559 g/mol. The largest absolute Gasteiger partial charge is 0.433 e. The summed E-state index contributed by atoms with van der Waals surface area (Å²) >= 11 is 0. The van der Waals surface area contributed by atoms with Crippen LogP contribution in [-0.2, 0) is 6.18 Å². The molecule has 38 heavy (non-hydrogen) atoms. The lowest BCUT2D eigenvalue weighted by Crippen LogP contribution is -2.58. The third-order valence-corrected chi connectivity index (χ3v) is 5.62. The number of amidine groups is 1. The number of piperidine rings is 1. The number of nitrogens with zero attached hydrogens (tertiary/aromatic N) is 4. The lowest BCUT2D eigenvalue weighted by atomic mass is 9.91. The Kier molecular flexibility index (Phi) is 8.28. The molecule has 0 amide bonds. The van der Waals surface area contributed by atoms with E-state index in [1.54, 1.807) is 0 Å². The predicted molar refractivity (Wildman–Crippen MR) is 119 cm³/mol. The van der Waals surface area contributed by atoms with Gasteiger partial charge in [-0.25, -0.2) is 9.98 Å². The van der Waals surface area contributed by atoms with Crippen LogP contribution in [-0.4, -0.2) is 69.8 Å². The van der Waals surface area contributed by atoms with Crippen molar-refractivity contribution in [2.24, 2.45) is 9.98 Å². The maximum absolute atomic E-state index is 13.2. The standard InChI is InChI=1S/C21H22F9N7O/c22-19(23,24)5-2-1-3-13(31)15-34-16(33-12-4-8-32-14(11-12)20(25,26)27)36-17(35-15)37-9-6-18(38,7-10-37)21(28,29)30/h1,3-4,8,11,16,31,38H,2,5-7,9-10H2,(H,32,33)(H,34,35,36)/b3-1-,31-13?. The van der Waals surface area contributed by atoms with E-state index in [1.807, 2.05) is 0 Å². The fourth-order valence-electron chi connectivity index (χ4n) is 3.52. The zero-order valence-corrected chi connectivity index (χ0v) is 19.3. The fourth-order valence-corrected chi connectivity index (χ4v) is 3.52. The first-order valence-corrected chi connectivity index (χ1v) is 11.1. The van der Waals surface area contributed by atoms with Crippen molar-refractivity contribution < 1.29 is 44.6 Å². The van der Waals surface area contributed by atoms with E-state index in [9.17, 15) is 44.6 Å². The van der Waals surface area contributed by atoms with Crippen LogP contribution in [0.4, 0.5) is 45.2 Å². The molecule has 0 radical (unpaired) electrons. The summed E-state index contributed by atoms with van der Waals surface area (Å²) in [4.78, 5) is 12.8. The molecule has 8 nitrogen and oxygen atoms in total. The Hall–Kier alpha value is -3.37. The Morgan fingerprint density at radius 2 is 1.79 bits per heavy atom. The van der Waals surface area contributed by atoms with E-state index in [1.165, 1.54) is 11.0 Å². The third-order valence-electron chi connectivity index (χ3n) is 5.62. The van der Waals surface area contributed by atoms with Crippen LogP contribution in [0.5, 0.6) is 0 Å². The van der Waals surface area contributed by atoms with E-state index in [0.717, 1.165) is 18.3 Å². The Labute approximate surface area is 209 Å². The Bertz CT molecular complexity index is 1100. The van der Waals surface area contributed by atoms with E-state index < -0.39 is 67.5 Å². The van der Waals surface area contributed by atoms with E-state index in [4.69, 9.17) is 5.41 Å². The number of anilines is 1. The number of allylic oxidation sites excluding steroid dienone is 1. The molecule has 3 heterocycles. The number of aliphatic imine (C=N–C) groups is 2. The molecule has 1 fully saturated rings. The molecule has 210 valence electrons. The molecule has 0 aliphatic carbocycles. The molecular weight excluding hydrogens is 537 g/mol. The van der Waals surface area contributed by atoms with Crippen LogP contribution in [0.2, 0.25) is 0 Å². The summed E-state index contributed by atoms with van der Waals surface area (Å²) in [6.45, 7) is -0.631. The van der Waals surface area contributed by atoms with Crippen LogP contribution in [0.25, 0.3) is 0 Å². The zero-order valence-electron chi connectivity index (χ0n) is 19.3. The van der Waals surface area contributed by atoms with Crippen molar-refractivity contribution in [1.29, 1.82) is 5.41 Å². The van der Waals surface area contributed by atoms with Crippen molar-refractivity contribution in [3.8, 4) is 0 Å². The fraction of sp³-hybridized carbons (Fsp3) is 0.524. The average Bonchev–Trinajstić information content (AvgIpc) is 2.80. The minimum Gasteiger partial charge on any atom is -0.380 e. The SMILES string of the molecule is N=C(/C=C\CCC(F)(F)F)C1=NC(Nc2ccnc(C(F)(F)F)c2)N=C(N2CCC(O)(C(F)(F)F)CC2)N1. The first kappa shape index (κ1) is 29.2. The maximum atomic E-state index is 13.2. The van der Waals surface area contributed by atoms with Crippen LogP contribution in [0.1, 0.15) is 31.4 Å². The highest BCUT2D eigenvalue weighted by molar-refractivity contribution is 6.46. The first-order valence-electron chi connectivity index (χ1n) is 11.1. The highest BCUT2D eigenvalue weighted by Gasteiger charge is 2.55. The van der Waals surface area contributed by atoms with Gasteiger partial charge in [-0.05, 0) is 24.6 Å². The molecule has 0 saturated carbocycles. The summed E-state index contributed by atoms with van der Waals surface area (Å²) in [5, 5.41) is 23.3. The van der Waals surface area contributed by atoms with Gasteiger partial charge in [-0.3, -0.25) is 10.4 Å². The second-order valence-electron chi connectivity index (χ2n) is 8.49. The maximum Gasteiger partial charge on any atom is 0.433 e. The summed E-state index contributed by atoms with van der Waals surface area (Å²) in [6.07, 6.45) is -15.3. The van der Waals surface area contributed by atoms with E-state index in [0.29, 0.717) is 6.07 Å². The lowest BCUT2D eigenvalue weighted by Gasteiger charge is -2.41. The number of hydrogen-bond donors (Lipinski definition) is 4. The molecule has 0 aromatic carbocycles. The number of guanidine groups is 1. The summed E-state index contributed by atoms with van der Waals surface area (Å²) in [5.41, 5.74) is -4.64. The van der Waals surface area contributed by atoms with Crippen molar-refractivity contribution in [3.63, 3.8) is 0 Å². The number of aromatic nitrogens is 1. The van der Waals surface area contributed by atoms with Gasteiger partial charge in [0.1, 0.15) is 5.69 Å². The van der Waals surface area contributed by atoms with Crippen molar-refractivity contribution in [2.75, 3.05) is 18.4 Å². The van der Waals surface area contributed by atoms with Gasteiger partial charge in [0.05, 0.1) is 5.71 Å². The van der Waals surface area contributed by atoms with Gasteiger partial charge in [-0.2, -0.15) is 39.5 Å². The van der Waals surface area contributed by atoms with Gasteiger partial charge in [0.2, 0.25) is 12.2 Å². The summed E-state index contributed by atoms with van der Waals surface area (Å²) in [7, 11) is 0. The van der Waals surface area contributed by atoms with E-state index >= 15 is 0 Å². The minimum atomic E-state index is -4.86. The second kappa shape index (κ2) is 10.8. The number of halogens is 9. The molecule has 1 atom stereocenters. The summed E-state index contributed by atoms with van der Waals surface area (Å²) < 4.78 is 116. The smallest absolute Gasteiger partial charge is 0.380 e. The quantitative estimate of drug-likeness (QED) is 0.304. The molecule has 4 N–H and O–H groups in total. The molecule has 2 aliphatic rings. The van der Waals surface area contributed by atoms with Crippen LogP contribution < -0.4 is 10.6 Å². The first-order chi connectivity index (χ1) is 17.5. The number of rotatable bonds is 6. The lowest BCUT2D eigenvalue weighted by molar-refractivity contribution is -0.270. The summed E-state index contributed by atoms with van der Waals surface area (Å²) in [5.74, 6) is -0.326. The number of aliphatic hydroxyl groups is 1. The molecule has 3 rings (SSSR count). The van der Waals surface area contributed by atoms with Crippen LogP contribution in [0, 0.1) is 5.41 Å².